The quantitative estimate of drug-likeness (QED) is 0.690. The van der Waals surface area contributed by atoms with E-state index in [4.69, 9.17) is 4.52 Å². The van der Waals surface area contributed by atoms with E-state index in [9.17, 15) is 9.59 Å². The van der Waals surface area contributed by atoms with Crippen molar-refractivity contribution in [3.8, 4) is 5.00 Å². The number of thioether (sulfide) groups is 1. The fourth-order valence-electron chi connectivity index (χ4n) is 3.18. The molecule has 1 N–H and O–H groups in total. The lowest BCUT2D eigenvalue weighted by molar-refractivity contribution is -0.116. The number of carbonyl (C=O) groups is 2. The first-order valence-electron chi connectivity index (χ1n) is 8.87. The molecule has 4 rings (SSSR count). The third-order valence-corrected chi connectivity index (χ3v) is 6.89. The summed E-state index contributed by atoms with van der Waals surface area (Å²) >= 11 is 3.55. The molecule has 3 aromatic rings. The van der Waals surface area contributed by atoms with Crippen molar-refractivity contribution in [2.24, 2.45) is 0 Å². The van der Waals surface area contributed by atoms with Gasteiger partial charge < -0.3 is 19.3 Å². The zero-order valence-electron chi connectivity index (χ0n) is 15.6. The summed E-state index contributed by atoms with van der Waals surface area (Å²) in [7, 11) is 1.65. The highest BCUT2D eigenvalue weighted by Gasteiger charge is 2.28. The first kappa shape index (κ1) is 18.8. The van der Waals surface area contributed by atoms with Gasteiger partial charge in [-0.3, -0.25) is 9.59 Å². The van der Waals surface area contributed by atoms with Crippen LogP contribution >= 0.6 is 23.1 Å². The normalized spacial score (nSPS) is 13.2. The van der Waals surface area contributed by atoms with Crippen molar-refractivity contribution in [3.63, 3.8) is 0 Å². The van der Waals surface area contributed by atoms with Crippen LogP contribution < -0.4 is 5.32 Å². The molecule has 4 heterocycles. The van der Waals surface area contributed by atoms with Gasteiger partial charge in [0, 0.05) is 36.1 Å². The smallest absolute Gasteiger partial charge is 0.257 e. The number of hydrogen-bond donors (Lipinski definition) is 1. The van der Waals surface area contributed by atoms with Gasteiger partial charge in [-0.2, -0.15) is 11.8 Å². The monoisotopic (exact) mass is 416 g/mol. The van der Waals surface area contributed by atoms with Crippen molar-refractivity contribution in [2.45, 2.75) is 19.1 Å². The fourth-order valence-corrected chi connectivity index (χ4v) is 5.61. The molecule has 0 spiro atoms. The molecule has 2 amide bonds. The van der Waals surface area contributed by atoms with Crippen LogP contribution in [0.4, 0.5) is 5.82 Å². The summed E-state index contributed by atoms with van der Waals surface area (Å²) in [6, 6.07) is 5.52. The maximum Gasteiger partial charge on any atom is 0.257 e. The fraction of sp³-hybridized carbons (Fsp3) is 0.316. The Morgan fingerprint density at radius 3 is 2.86 bits per heavy atom. The van der Waals surface area contributed by atoms with Crippen LogP contribution in [0.2, 0.25) is 0 Å². The van der Waals surface area contributed by atoms with E-state index in [1.54, 1.807) is 31.4 Å². The van der Waals surface area contributed by atoms with Crippen LogP contribution in [-0.4, -0.2) is 45.8 Å². The maximum absolute atomic E-state index is 13.3. The number of nitrogens with one attached hydrogen (secondary N) is 1. The van der Waals surface area contributed by atoms with Crippen molar-refractivity contribution in [1.82, 2.24) is 14.6 Å². The number of aromatic nitrogens is 2. The SMILES string of the molecule is Cc1cc(NC(=O)CN(C)C(=O)c2c(-n3cccc3)sc3c2CCSC3)no1. The van der Waals surface area contributed by atoms with Crippen LogP contribution in [0.3, 0.4) is 0 Å². The van der Waals surface area contributed by atoms with Crippen molar-refractivity contribution in [1.29, 1.82) is 0 Å². The highest BCUT2D eigenvalue weighted by atomic mass is 32.2. The molecule has 0 fully saturated rings. The van der Waals surface area contributed by atoms with Gasteiger partial charge in [0.05, 0.1) is 12.1 Å². The molecule has 1 aliphatic heterocycles. The summed E-state index contributed by atoms with van der Waals surface area (Å²) in [6.07, 6.45) is 4.76. The van der Waals surface area contributed by atoms with Gasteiger partial charge in [-0.25, -0.2) is 0 Å². The molecule has 0 unspecified atom stereocenters. The average Bonchev–Trinajstić information content (AvgIpc) is 3.40. The molecular formula is C19H20N4O3S2. The molecule has 9 heteroatoms. The zero-order valence-corrected chi connectivity index (χ0v) is 17.2. The van der Waals surface area contributed by atoms with Gasteiger partial charge in [0.2, 0.25) is 5.91 Å². The summed E-state index contributed by atoms with van der Waals surface area (Å²) in [5.74, 6) is 2.44. The summed E-state index contributed by atoms with van der Waals surface area (Å²) < 4.78 is 6.93. The molecule has 0 saturated carbocycles. The summed E-state index contributed by atoms with van der Waals surface area (Å²) in [5, 5.41) is 7.32. The lowest BCUT2D eigenvalue weighted by atomic mass is 10.1. The van der Waals surface area contributed by atoms with Gasteiger partial charge >= 0.3 is 0 Å². The minimum atomic E-state index is -0.314. The molecular weight excluding hydrogens is 396 g/mol. The number of amides is 2. The largest absolute Gasteiger partial charge is 0.360 e. The topological polar surface area (TPSA) is 80.4 Å². The molecule has 0 saturated heterocycles. The average molecular weight is 417 g/mol. The number of nitrogens with zero attached hydrogens (tertiary/aromatic N) is 3. The van der Waals surface area contributed by atoms with Gasteiger partial charge in [-0.15, -0.1) is 11.3 Å². The highest BCUT2D eigenvalue weighted by molar-refractivity contribution is 7.98. The maximum atomic E-state index is 13.3. The van der Waals surface area contributed by atoms with Crippen LogP contribution in [0, 0.1) is 6.92 Å². The van der Waals surface area contributed by atoms with Crippen molar-refractivity contribution >= 4 is 40.7 Å². The van der Waals surface area contributed by atoms with Crippen LogP contribution in [0.1, 0.15) is 26.6 Å². The third kappa shape index (κ3) is 3.72. The molecule has 7 nitrogen and oxygen atoms in total. The number of fused-ring (bicyclic) bond motifs is 1. The van der Waals surface area contributed by atoms with Gasteiger partial charge in [0.15, 0.2) is 5.82 Å². The molecule has 0 bridgehead atoms. The molecule has 0 aromatic carbocycles. The first-order chi connectivity index (χ1) is 13.5. The Labute approximate surface area is 170 Å². The lowest BCUT2D eigenvalue weighted by Crippen LogP contribution is -2.35. The van der Waals surface area contributed by atoms with E-state index >= 15 is 0 Å². The number of anilines is 1. The summed E-state index contributed by atoms with van der Waals surface area (Å²) in [6.45, 7) is 1.69. The lowest BCUT2D eigenvalue weighted by Gasteiger charge is -2.19. The van der Waals surface area contributed by atoms with E-state index in [0.717, 1.165) is 28.5 Å². The van der Waals surface area contributed by atoms with E-state index < -0.39 is 0 Å². The molecule has 0 atom stereocenters. The van der Waals surface area contributed by atoms with E-state index in [-0.39, 0.29) is 18.4 Å². The Kier molecular flexibility index (Phi) is 5.27. The van der Waals surface area contributed by atoms with E-state index in [2.05, 4.69) is 10.5 Å². The van der Waals surface area contributed by atoms with Gasteiger partial charge in [0.25, 0.3) is 5.91 Å². The van der Waals surface area contributed by atoms with E-state index in [1.165, 1.54) is 9.78 Å². The molecule has 0 radical (unpaired) electrons. The molecule has 0 aliphatic carbocycles. The standard InChI is InChI=1S/C19H20N4O3S2/c1-12-9-15(21-26-12)20-16(24)10-22(2)18(25)17-13-5-8-27-11-14(13)28-19(17)23-6-3-4-7-23/h3-4,6-7,9H,5,8,10-11H2,1-2H3,(H,20,21,24). The zero-order chi connectivity index (χ0) is 19.7. The van der Waals surface area contributed by atoms with Crippen LogP contribution in [0.5, 0.6) is 0 Å². The van der Waals surface area contributed by atoms with Crippen molar-refractivity contribution in [2.75, 3.05) is 24.7 Å². The van der Waals surface area contributed by atoms with E-state index in [0.29, 0.717) is 17.1 Å². The minimum Gasteiger partial charge on any atom is -0.360 e. The van der Waals surface area contributed by atoms with Crippen LogP contribution in [0.15, 0.2) is 35.1 Å². The first-order valence-corrected chi connectivity index (χ1v) is 10.8. The number of likely N-dealkylation sites (N-methyl/N-ethyl adjacent to an activating group) is 1. The number of rotatable bonds is 5. The molecule has 3 aromatic heterocycles. The second kappa shape index (κ2) is 7.84. The third-order valence-electron chi connectivity index (χ3n) is 4.48. The predicted octanol–water partition coefficient (Wildman–Crippen LogP) is 3.34. The Hall–Kier alpha value is -2.52. The Morgan fingerprint density at radius 2 is 2.14 bits per heavy atom. The highest BCUT2D eigenvalue weighted by Crippen LogP contribution is 2.38. The van der Waals surface area contributed by atoms with Crippen molar-refractivity contribution in [3.05, 3.63) is 52.4 Å². The van der Waals surface area contributed by atoms with Gasteiger partial charge in [-0.1, -0.05) is 5.16 Å². The summed E-state index contributed by atoms with van der Waals surface area (Å²) in [5.41, 5.74) is 1.83. The summed E-state index contributed by atoms with van der Waals surface area (Å²) in [4.78, 5) is 28.3. The molecule has 28 heavy (non-hydrogen) atoms. The van der Waals surface area contributed by atoms with Crippen LogP contribution in [0.25, 0.3) is 5.00 Å². The van der Waals surface area contributed by atoms with Gasteiger partial charge in [0.1, 0.15) is 10.8 Å². The Morgan fingerprint density at radius 1 is 1.36 bits per heavy atom. The second-order valence-corrected chi connectivity index (χ2v) is 8.80. The van der Waals surface area contributed by atoms with Crippen LogP contribution in [-0.2, 0) is 17.0 Å². The number of carbonyl (C=O) groups excluding carboxylic acids is 2. The minimum absolute atomic E-state index is 0.0603. The number of hydrogen-bond acceptors (Lipinski definition) is 6. The second-order valence-electron chi connectivity index (χ2n) is 6.61. The van der Waals surface area contributed by atoms with Gasteiger partial charge in [-0.05, 0) is 36.8 Å². The molecule has 1 aliphatic rings. The predicted molar refractivity (Wildman–Crippen MR) is 110 cm³/mol. The molecule has 146 valence electrons. The Balaban J connectivity index is 1.56. The Bertz CT molecular complexity index is 1010. The van der Waals surface area contributed by atoms with Crippen molar-refractivity contribution < 1.29 is 14.1 Å². The van der Waals surface area contributed by atoms with E-state index in [1.807, 2.05) is 40.9 Å². The number of aryl methyl sites for hydroxylation is 1. The number of thiophene rings is 1.